The number of unbranched alkanes of at least 4 members (excludes halogenated alkanes) is 22. The molecule has 0 aliphatic rings. The van der Waals surface area contributed by atoms with Crippen LogP contribution in [0.2, 0.25) is 0 Å². The predicted octanol–water partition coefficient (Wildman–Crippen LogP) is 11.0. The first-order valence-electron chi connectivity index (χ1n) is 17.0. The van der Waals surface area contributed by atoms with E-state index in [4.69, 9.17) is 4.74 Å². The molecule has 0 saturated heterocycles. The standard InChI is InChI=1S/C34H66O4/c1-3-5-7-9-20-24-28-32(29-25-21-10-8-6-4-2)38-33(34(36)37)30-26-22-18-16-14-12-11-13-15-17-19-23-27-31-35/h31-33H,3-30H2,1-2H3,(H,36,37). The quantitative estimate of drug-likeness (QED) is 0.0683. The average Bonchev–Trinajstić information content (AvgIpc) is 2.91. The SMILES string of the molecule is CCCCCCCCC(CCCCCCCC)OC(CCCCCCCCCCCCCCC=O)C(=O)O. The zero-order valence-corrected chi connectivity index (χ0v) is 25.7. The van der Waals surface area contributed by atoms with Crippen LogP contribution in [0.15, 0.2) is 0 Å². The van der Waals surface area contributed by atoms with E-state index in [1.165, 1.54) is 122 Å². The van der Waals surface area contributed by atoms with Gasteiger partial charge in [-0.2, -0.15) is 0 Å². The molecule has 1 unspecified atom stereocenters. The van der Waals surface area contributed by atoms with Gasteiger partial charge in [-0.1, -0.05) is 162 Å². The second-order valence-corrected chi connectivity index (χ2v) is 11.7. The molecular formula is C34H66O4. The first-order chi connectivity index (χ1) is 18.7. The largest absolute Gasteiger partial charge is 0.479 e. The van der Waals surface area contributed by atoms with Crippen LogP contribution in [0.25, 0.3) is 0 Å². The van der Waals surface area contributed by atoms with Crippen molar-refractivity contribution in [2.24, 2.45) is 0 Å². The topological polar surface area (TPSA) is 63.6 Å². The van der Waals surface area contributed by atoms with Crippen LogP contribution in [0, 0.1) is 0 Å². The van der Waals surface area contributed by atoms with Crippen molar-refractivity contribution < 1.29 is 19.4 Å². The Morgan fingerprint density at radius 3 is 1.26 bits per heavy atom. The summed E-state index contributed by atoms with van der Waals surface area (Å²) in [4.78, 5) is 22.3. The van der Waals surface area contributed by atoms with E-state index >= 15 is 0 Å². The van der Waals surface area contributed by atoms with E-state index in [1.807, 2.05) is 0 Å². The van der Waals surface area contributed by atoms with Crippen LogP contribution >= 0.6 is 0 Å². The first kappa shape index (κ1) is 37.1. The van der Waals surface area contributed by atoms with E-state index in [0.29, 0.717) is 6.42 Å². The number of aliphatic carboxylic acids is 1. The number of hydrogen-bond acceptors (Lipinski definition) is 3. The number of hydrogen-bond donors (Lipinski definition) is 1. The Labute approximate surface area is 237 Å². The molecule has 0 bridgehead atoms. The molecule has 0 aromatic rings. The summed E-state index contributed by atoms with van der Waals surface area (Å²) in [6.45, 7) is 4.50. The summed E-state index contributed by atoms with van der Waals surface area (Å²) < 4.78 is 6.26. The Morgan fingerprint density at radius 1 is 0.553 bits per heavy atom. The minimum atomic E-state index is -0.771. The minimum Gasteiger partial charge on any atom is -0.479 e. The molecule has 0 saturated carbocycles. The zero-order chi connectivity index (χ0) is 27.9. The van der Waals surface area contributed by atoms with E-state index < -0.39 is 12.1 Å². The first-order valence-corrected chi connectivity index (χ1v) is 17.0. The Kier molecular flexibility index (Phi) is 29.9. The van der Waals surface area contributed by atoms with Crippen molar-refractivity contribution in [3.63, 3.8) is 0 Å². The van der Waals surface area contributed by atoms with Gasteiger partial charge in [-0.05, 0) is 25.7 Å². The molecule has 0 spiro atoms. The monoisotopic (exact) mass is 538 g/mol. The molecule has 0 radical (unpaired) electrons. The van der Waals surface area contributed by atoms with Gasteiger partial charge in [-0.15, -0.1) is 0 Å². The Bertz CT molecular complexity index is 477. The number of carbonyl (C=O) groups excluding carboxylic acids is 1. The van der Waals surface area contributed by atoms with Crippen LogP contribution in [0.3, 0.4) is 0 Å². The molecule has 0 rings (SSSR count). The third kappa shape index (κ3) is 26.7. The summed E-state index contributed by atoms with van der Waals surface area (Å²) in [6, 6.07) is 0. The van der Waals surface area contributed by atoms with Crippen LogP contribution in [-0.4, -0.2) is 29.6 Å². The Balaban J connectivity index is 4.10. The number of aldehydes is 1. The number of carboxylic acids is 1. The van der Waals surface area contributed by atoms with Crippen molar-refractivity contribution in [2.75, 3.05) is 0 Å². The van der Waals surface area contributed by atoms with Crippen LogP contribution in [0.5, 0.6) is 0 Å². The normalized spacial score (nSPS) is 12.3. The maximum absolute atomic E-state index is 12.0. The van der Waals surface area contributed by atoms with E-state index in [0.717, 1.165) is 57.7 Å². The summed E-state index contributed by atoms with van der Waals surface area (Å²) in [5.41, 5.74) is 0. The van der Waals surface area contributed by atoms with Crippen molar-refractivity contribution in [3.8, 4) is 0 Å². The van der Waals surface area contributed by atoms with Gasteiger partial charge < -0.3 is 14.6 Å². The highest BCUT2D eigenvalue weighted by Gasteiger charge is 2.22. The van der Waals surface area contributed by atoms with E-state index in [1.54, 1.807) is 0 Å². The van der Waals surface area contributed by atoms with E-state index in [-0.39, 0.29) is 6.10 Å². The average molecular weight is 539 g/mol. The molecule has 0 aliphatic carbocycles. The van der Waals surface area contributed by atoms with Gasteiger partial charge in [-0.25, -0.2) is 4.79 Å². The van der Waals surface area contributed by atoms with Gasteiger partial charge in [-0.3, -0.25) is 0 Å². The number of carboxylic acid groups (broad SMARTS) is 1. The molecule has 0 aromatic heterocycles. The fourth-order valence-electron chi connectivity index (χ4n) is 5.39. The van der Waals surface area contributed by atoms with Gasteiger partial charge in [0.25, 0.3) is 0 Å². The Hall–Kier alpha value is -0.900. The molecule has 4 heteroatoms. The molecule has 0 aromatic carbocycles. The van der Waals surface area contributed by atoms with Crippen LogP contribution in [-0.2, 0) is 14.3 Å². The van der Waals surface area contributed by atoms with E-state index in [9.17, 15) is 14.7 Å². The second kappa shape index (κ2) is 30.6. The highest BCUT2D eigenvalue weighted by atomic mass is 16.5. The predicted molar refractivity (Wildman–Crippen MR) is 163 cm³/mol. The molecule has 0 aliphatic heterocycles. The lowest BCUT2D eigenvalue weighted by Gasteiger charge is -2.23. The third-order valence-electron chi connectivity index (χ3n) is 7.93. The molecule has 0 fully saturated rings. The number of rotatable bonds is 32. The maximum Gasteiger partial charge on any atom is 0.332 e. The molecule has 4 nitrogen and oxygen atoms in total. The summed E-state index contributed by atoms with van der Waals surface area (Å²) in [5.74, 6) is -0.771. The zero-order valence-electron chi connectivity index (χ0n) is 25.7. The molecular weight excluding hydrogens is 472 g/mol. The van der Waals surface area contributed by atoms with Gasteiger partial charge in [0, 0.05) is 6.42 Å². The second-order valence-electron chi connectivity index (χ2n) is 11.7. The fraction of sp³-hybridized carbons (Fsp3) is 0.941. The molecule has 0 amide bonds. The van der Waals surface area contributed by atoms with Crippen LogP contribution in [0.4, 0.5) is 0 Å². The van der Waals surface area contributed by atoms with Crippen LogP contribution < -0.4 is 0 Å². The number of carbonyl (C=O) groups is 2. The lowest BCUT2D eigenvalue weighted by Crippen LogP contribution is -2.29. The van der Waals surface area contributed by atoms with Crippen LogP contribution in [0.1, 0.15) is 194 Å². The van der Waals surface area contributed by atoms with E-state index in [2.05, 4.69) is 13.8 Å². The summed E-state index contributed by atoms with van der Waals surface area (Å²) >= 11 is 0. The molecule has 38 heavy (non-hydrogen) atoms. The lowest BCUT2D eigenvalue weighted by atomic mass is 10.0. The van der Waals surface area contributed by atoms with Gasteiger partial charge in [0.05, 0.1) is 6.10 Å². The van der Waals surface area contributed by atoms with Crippen molar-refractivity contribution in [3.05, 3.63) is 0 Å². The molecule has 1 atom stereocenters. The van der Waals surface area contributed by atoms with Crippen molar-refractivity contribution >= 4 is 12.3 Å². The highest BCUT2D eigenvalue weighted by Crippen LogP contribution is 2.21. The van der Waals surface area contributed by atoms with Crippen molar-refractivity contribution in [2.45, 2.75) is 206 Å². The Morgan fingerprint density at radius 2 is 0.895 bits per heavy atom. The minimum absolute atomic E-state index is 0.110. The molecule has 1 N–H and O–H groups in total. The van der Waals surface area contributed by atoms with Gasteiger partial charge in [0.15, 0.2) is 6.10 Å². The maximum atomic E-state index is 12.0. The smallest absolute Gasteiger partial charge is 0.332 e. The lowest BCUT2D eigenvalue weighted by molar-refractivity contribution is -0.155. The van der Waals surface area contributed by atoms with Gasteiger partial charge >= 0.3 is 5.97 Å². The number of ether oxygens (including phenoxy) is 1. The third-order valence-corrected chi connectivity index (χ3v) is 7.93. The highest BCUT2D eigenvalue weighted by molar-refractivity contribution is 5.72. The molecule has 0 heterocycles. The summed E-state index contributed by atoms with van der Waals surface area (Å²) in [6.07, 6.45) is 33.7. The molecule has 226 valence electrons. The van der Waals surface area contributed by atoms with Crippen molar-refractivity contribution in [1.82, 2.24) is 0 Å². The van der Waals surface area contributed by atoms with Gasteiger partial charge in [0.2, 0.25) is 0 Å². The summed E-state index contributed by atoms with van der Waals surface area (Å²) in [5, 5.41) is 9.82. The summed E-state index contributed by atoms with van der Waals surface area (Å²) in [7, 11) is 0. The fourth-order valence-corrected chi connectivity index (χ4v) is 5.39. The van der Waals surface area contributed by atoms with Crippen molar-refractivity contribution in [1.29, 1.82) is 0 Å². The van der Waals surface area contributed by atoms with Gasteiger partial charge in [0.1, 0.15) is 6.29 Å².